The lowest BCUT2D eigenvalue weighted by Gasteiger charge is -2.13. The highest BCUT2D eigenvalue weighted by Gasteiger charge is 2.19. The van der Waals surface area contributed by atoms with Gasteiger partial charge in [0.1, 0.15) is 17.6 Å². The van der Waals surface area contributed by atoms with Gasteiger partial charge in [-0.05, 0) is 44.8 Å². The monoisotopic (exact) mass is 314 g/mol. The number of nitrogens with one attached hydrogen (secondary N) is 1. The quantitative estimate of drug-likeness (QED) is 0.919. The van der Waals surface area contributed by atoms with E-state index < -0.39 is 11.7 Å². The van der Waals surface area contributed by atoms with Crippen LogP contribution in [0, 0.1) is 24.1 Å². The first-order valence-electron chi connectivity index (χ1n) is 7.25. The van der Waals surface area contributed by atoms with E-state index in [0.717, 1.165) is 5.56 Å². The summed E-state index contributed by atoms with van der Waals surface area (Å²) in [6, 6.07) is 8.16. The first-order chi connectivity index (χ1) is 10.9. The molecule has 0 atom stereocenters. The molecule has 6 heteroatoms. The number of aryl methyl sites for hydroxylation is 1. The molecule has 0 aliphatic heterocycles. The van der Waals surface area contributed by atoms with E-state index >= 15 is 0 Å². The molecule has 0 fully saturated rings. The van der Waals surface area contributed by atoms with Crippen molar-refractivity contribution in [2.24, 2.45) is 0 Å². The minimum atomic E-state index is -0.446. The van der Waals surface area contributed by atoms with Gasteiger partial charge in [-0.15, -0.1) is 0 Å². The number of carbonyl (C=O) groups excluding carboxylic acids is 1. The molecule has 1 aromatic heterocycles. The smallest absolute Gasteiger partial charge is 0.269 e. The van der Waals surface area contributed by atoms with E-state index in [9.17, 15) is 14.4 Å². The Kier molecular flexibility index (Phi) is 5.14. The maximum absolute atomic E-state index is 14.1. The van der Waals surface area contributed by atoms with Crippen LogP contribution in [0.25, 0.3) is 5.69 Å². The Labute approximate surface area is 134 Å². The molecule has 1 aromatic carbocycles. The van der Waals surface area contributed by atoms with Crippen molar-refractivity contribution in [2.45, 2.75) is 6.92 Å². The van der Waals surface area contributed by atoms with E-state index in [-0.39, 0.29) is 16.9 Å². The third-order valence-electron chi connectivity index (χ3n) is 3.43. The summed E-state index contributed by atoms with van der Waals surface area (Å²) in [7, 11) is 3.80. The molecule has 0 aliphatic carbocycles. The lowest BCUT2D eigenvalue weighted by molar-refractivity contribution is 0.0944. The summed E-state index contributed by atoms with van der Waals surface area (Å²) in [5.41, 5.74) is 1.49. The number of nitriles is 1. The van der Waals surface area contributed by atoms with Crippen LogP contribution in [0.15, 0.2) is 30.5 Å². The SMILES string of the molecule is Cc1ccc(F)c(-n2ccc(C#N)c2C(=O)NCCN(C)C)c1. The molecule has 23 heavy (non-hydrogen) atoms. The topological polar surface area (TPSA) is 61.1 Å². The van der Waals surface area contributed by atoms with Crippen molar-refractivity contribution in [1.29, 1.82) is 5.26 Å². The fourth-order valence-corrected chi connectivity index (χ4v) is 2.24. The fourth-order valence-electron chi connectivity index (χ4n) is 2.24. The Morgan fingerprint density at radius 1 is 1.39 bits per heavy atom. The number of rotatable bonds is 5. The lowest BCUT2D eigenvalue weighted by atomic mass is 10.2. The van der Waals surface area contributed by atoms with Crippen molar-refractivity contribution in [3.63, 3.8) is 0 Å². The zero-order chi connectivity index (χ0) is 17.0. The van der Waals surface area contributed by atoms with Crippen molar-refractivity contribution >= 4 is 5.91 Å². The summed E-state index contributed by atoms with van der Waals surface area (Å²) in [6.45, 7) is 2.96. The number of halogens is 1. The molecule has 1 amide bonds. The molecule has 0 saturated heterocycles. The largest absolute Gasteiger partial charge is 0.349 e. The van der Waals surface area contributed by atoms with Gasteiger partial charge in [0.25, 0.3) is 5.91 Å². The second-order valence-electron chi connectivity index (χ2n) is 5.57. The molecule has 0 radical (unpaired) electrons. The average molecular weight is 314 g/mol. The average Bonchev–Trinajstić information content (AvgIpc) is 2.93. The number of likely N-dealkylation sites (N-methyl/N-ethyl adjacent to an activating group) is 1. The second kappa shape index (κ2) is 7.07. The van der Waals surface area contributed by atoms with Gasteiger partial charge in [0, 0.05) is 19.3 Å². The summed E-state index contributed by atoms with van der Waals surface area (Å²) in [5.74, 6) is -0.840. The molecule has 120 valence electrons. The summed E-state index contributed by atoms with van der Waals surface area (Å²) >= 11 is 0. The van der Waals surface area contributed by atoms with Gasteiger partial charge in [0.15, 0.2) is 0 Å². The number of hydrogen-bond acceptors (Lipinski definition) is 3. The molecule has 1 heterocycles. The summed E-state index contributed by atoms with van der Waals surface area (Å²) in [6.07, 6.45) is 1.54. The predicted molar refractivity (Wildman–Crippen MR) is 86.1 cm³/mol. The number of aromatic nitrogens is 1. The number of amides is 1. The van der Waals surface area contributed by atoms with Crippen LogP contribution in [0.1, 0.15) is 21.6 Å². The summed E-state index contributed by atoms with van der Waals surface area (Å²) in [4.78, 5) is 14.4. The van der Waals surface area contributed by atoms with Gasteiger partial charge in [0.2, 0.25) is 0 Å². The van der Waals surface area contributed by atoms with Crippen LogP contribution in [0.3, 0.4) is 0 Å². The van der Waals surface area contributed by atoms with Crippen molar-refractivity contribution in [3.05, 3.63) is 53.1 Å². The number of carbonyl (C=O) groups is 1. The van der Waals surface area contributed by atoms with E-state index in [0.29, 0.717) is 13.1 Å². The maximum Gasteiger partial charge on any atom is 0.269 e. The fraction of sp³-hybridized carbons (Fsp3) is 0.294. The van der Waals surface area contributed by atoms with Crippen LogP contribution in [-0.2, 0) is 0 Å². The van der Waals surface area contributed by atoms with Gasteiger partial charge >= 0.3 is 0 Å². The van der Waals surface area contributed by atoms with E-state index in [1.165, 1.54) is 22.9 Å². The number of hydrogen-bond donors (Lipinski definition) is 1. The Bertz CT molecular complexity index is 758. The molecule has 0 spiro atoms. The molecule has 0 aliphatic rings. The van der Waals surface area contributed by atoms with Crippen molar-refractivity contribution in [1.82, 2.24) is 14.8 Å². The summed E-state index contributed by atoms with van der Waals surface area (Å²) in [5, 5.41) is 12.0. The zero-order valence-corrected chi connectivity index (χ0v) is 13.4. The van der Waals surface area contributed by atoms with Gasteiger partial charge in [-0.1, -0.05) is 6.07 Å². The van der Waals surface area contributed by atoms with Crippen LogP contribution < -0.4 is 5.32 Å². The van der Waals surface area contributed by atoms with E-state index in [4.69, 9.17) is 0 Å². The Morgan fingerprint density at radius 3 is 2.78 bits per heavy atom. The van der Waals surface area contributed by atoms with Crippen molar-refractivity contribution < 1.29 is 9.18 Å². The van der Waals surface area contributed by atoms with Gasteiger partial charge in [-0.3, -0.25) is 4.79 Å². The molecular weight excluding hydrogens is 295 g/mol. The molecule has 2 aromatic rings. The molecule has 0 bridgehead atoms. The van der Waals surface area contributed by atoms with Crippen LogP contribution in [-0.4, -0.2) is 42.6 Å². The van der Waals surface area contributed by atoms with Gasteiger partial charge in [-0.2, -0.15) is 5.26 Å². The highest BCUT2D eigenvalue weighted by Crippen LogP contribution is 2.21. The normalized spacial score (nSPS) is 10.6. The number of benzene rings is 1. The highest BCUT2D eigenvalue weighted by atomic mass is 19.1. The summed E-state index contributed by atoms with van der Waals surface area (Å²) < 4.78 is 15.6. The molecule has 2 rings (SSSR count). The Balaban J connectivity index is 2.39. The third-order valence-corrected chi connectivity index (χ3v) is 3.43. The van der Waals surface area contributed by atoms with Crippen molar-refractivity contribution in [3.8, 4) is 11.8 Å². The molecule has 0 unspecified atom stereocenters. The van der Waals surface area contributed by atoms with E-state index in [1.807, 2.05) is 32.0 Å². The van der Waals surface area contributed by atoms with Gasteiger partial charge in [0.05, 0.1) is 11.3 Å². The van der Waals surface area contributed by atoms with Crippen LogP contribution >= 0.6 is 0 Å². The second-order valence-corrected chi connectivity index (χ2v) is 5.57. The molecule has 5 nitrogen and oxygen atoms in total. The van der Waals surface area contributed by atoms with E-state index in [1.54, 1.807) is 12.1 Å². The molecule has 1 N–H and O–H groups in total. The predicted octanol–water partition coefficient (Wildman–Crippen LogP) is 2.09. The third kappa shape index (κ3) is 3.76. The van der Waals surface area contributed by atoms with E-state index in [2.05, 4.69) is 5.32 Å². The van der Waals surface area contributed by atoms with Gasteiger partial charge < -0.3 is 14.8 Å². The molecule has 0 saturated carbocycles. The number of nitrogens with zero attached hydrogens (tertiary/aromatic N) is 3. The van der Waals surface area contributed by atoms with Crippen molar-refractivity contribution in [2.75, 3.05) is 27.2 Å². The van der Waals surface area contributed by atoms with Crippen LogP contribution in [0.4, 0.5) is 4.39 Å². The van der Waals surface area contributed by atoms with Crippen LogP contribution in [0.2, 0.25) is 0 Å². The maximum atomic E-state index is 14.1. The lowest BCUT2D eigenvalue weighted by Crippen LogP contribution is -2.32. The van der Waals surface area contributed by atoms with Gasteiger partial charge in [-0.25, -0.2) is 4.39 Å². The first kappa shape index (κ1) is 16.7. The van der Waals surface area contributed by atoms with Crippen LogP contribution in [0.5, 0.6) is 0 Å². The highest BCUT2D eigenvalue weighted by molar-refractivity contribution is 5.95. The molecular formula is C17H19FN4O. The Hall–Kier alpha value is -2.65. The first-order valence-corrected chi connectivity index (χ1v) is 7.25. The zero-order valence-electron chi connectivity index (χ0n) is 13.4. The minimum absolute atomic E-state index is 0.149. The standard InChI is InChI=1S/C17H19FN4O/c1-12-4-5-14(18)15(10-12)22-8-6-13(11-19)16(22)17(23)20-7-9-21(2)3/h4-6,8,10H,7,9H2,1-3H3,(H,20,23). The minimum Gasteiger partial charge on any atom is -0.349 e. The Morgan fingerprint density at radius 2 is 2.13 bits per heavy atom.